The highest BCUT2D eigenvalue weighted by atomic mass is 32.2. The fraction of sp³-hybridized carbons (Fsp3) is 0.238. The van der Waals surface area contributed by atoms with Gasteiger partial charge >= 0.3 is 0 Å². The van der Waals surface area contributed by atoms with Crippen molar-refractivity contribution < 1.29 is 17.7 Å². The molecule has 0 saturated carbocycles. The molecule has 9 heteroatoms. The van der Waals surface area contributed by atoms with Gasteiger partial charge in [-0.05, 0) is 36.8 Å². The van der Waals surface area contributed by atoms with Gasteiger partial charge in [-0.2, -0.15) is 4.31 Å². The zero-order valence-electron chi connectivity index (χ0n) is 17.0. The van der Waals surface area contributed by atoms with Crippen molar-refractivity contribution in [3.8, 4) is 0 Å². The molecule has 1 N–H and O–H groups in total. The summed E-state index contributed by atoms with van der Waals surface area (Å²) in [5.41, 5.74) is 2.01. The Balaban J connectivity index is 1.76. The minimum Gasteiger partial charge on any atom is -0.354 e. The van der Waals surface area contributed by atoms with Gasteiger partial charge in [-0.3, -0.25) is 4.79 Å². The fourth-order valence-corrected chi connectivity index (χ4v) is 5.28. The Labute approximate surface area is 180 Å². The minimum absolute atomic E-state index is 0.137. The summed E-state index contributed by atoms with van der Waals surface area (Å²) in [4.78, 5) is 12.4. The highest BCUT2D eigenvalue weighted by molar-refractivity contribution is 7.91. The number of benzene rings is 1. The maximum atomic E-state index is 12.9. The normalized spacial score (nSPS) is 12.0. The average Bonchev–Trinajstić information content (AvgIpc) is 3.35. The lowest BCUT2D eigenvalue weighted by Crippen LogP contribution is -2.25. The van der Waals surface area contributed by atoms with Gasteiger partial charge in [0.15, 0.2) is 5.76 Å². The average molecular weight is 446 g/mol. The summed E-state index contributed by atoms with van der Waals surface area (Å²) in [5, 5.41) is 6.65. The second-order valence-electron chi connectivity index (χ2n) is 6.65. The van der Waals surface area contributed by atoms with Gasteiger partial charge in [0.1, 0.15) is 15.6 Å². The molecule has 2 aromatic heterocycles. The third kappa shape index (κ3) is 5.05. The zero-order valence-corrected chi connectivity index (χ0v) is 18.6. The van der Waals surface area contributed by atoms with E-state index in [1.54, 1.807) is 45.2 Å². The lowest BCUT2D eigenvalue weighted by molar-refractivity contribution is -0.115. The Morgan fingerprint density at radius 3 is 2.63 bits per heavy atom. The highest BCUT2D eigenvalue weighted by Gasteiger charge is 2.22. The first-order valence-electron chi connectivity index (χ1n) is 9.35. The van der Waals surface area contributed by atoms with E-state index in [1.165, 1.54) is 4.31 Å². The van der Waals surface area contributed by atoms with Crippen molar-refractivity contribution in [2.24, 2.45) is 0 Å². The molecule has 0 unspecified atom stereocenters. The third-order valence-electron chi connectivity index (χ3n) is 4.39. The van der Waals surface area contributed by atoms with Crippen LogP contribution in [0.4, 0.5) is 5.69 Å². The molecule has 0 radical (unpaired) electrons. The molecule has 0 aliphatic carbocycles. The van der Waals surface area contributed by atoms with E-state index in [0.717, 1.165) is 21.8 Å². The summed E-state index contributed by atoms with van der Waals surface area (Å²) in [6.45, 7) is 3.80. The van der Waals surface area contributed by atoms with E-state index in [1.807, 2.05) is 30.3 Å². The Kier molecular flexibility index (Phi) is 6.86. The summed E-state index contributed by atoms with van der Waals surface area (Å²) in [5.74, 6) is 0.273. The molecule has 3 rings (SSSR count). The Bertz CT molecular complexity index is 1150. The Morgan fingerprint density at radius 1 is 1.20 bits per heavy atom. The van der Waals surface area contributed by atoms with Gasteiger partial charge in [0.25, 0.3) is 10.0 Å². The molecule has 0 bridgehead atoms. The predicted molar refractivity (Wildman–Crippen MR) is 119 cm³/mol. The molecule has 0 aliphatic rings. The first-order valence-corrected chi connectivity index (χ1v) is 11.6. The molecule has 0 atom stereocenters. The van der Waals surface area contributed by atoms with Gasteiger partial charge in [-0.15, -0.1) is 11.3 Å². The summed E-state index contributed by atoms with van der Waals surface area (Å²) < 4.78 is 32.6. The number of sulfonamides is 1. The van der Waals surface area contributed by atoms with Crippen molar-refractivity contribution in [2.75, 3.05) is 12.4 Å². The molecular formula is C21H23N3O4S2. The van der Waals surface area contributed by atoms with E-state index < -0.39 is 10.0 Å². The van der Waals surface area contributed by atoms with E-state index in [4.69, 9.17) is 4.52 Å². The van der Waals surface area contributed by atoms with E-state index in [9.17, 15) is 13.2 Å². The lowest BCUT2D eigenvalue weighted by atomic mass is 10.2. The predicted octanol–water partition coefficient (Wildman–Crippen LogP) is 4.38. The van der Waals surface area contributed by atoms with E-state index in [2.05, 4.69) is 10.5 Å². The van der Waals surface area contributed by atoms with Gasteiger partial charge in [-0.25, -0.2) is 8.42 Å². The molecule has 1 aromatic carbocycles. The van der Waals surface area contributed by atoms with Crippen molar-refractivity contribution in [1.29, 1.82) is 0 Å². The monoisotopic (exact) mass is 445 g/mol. The molecule has 0 aliphatic heterocycles. The Hall–Kier alpha value is -2.75. The number of thiophene rings is 1. The summed E-state index contributed by atoms with van der Waals surface area (Å²) >= 11 is 1.16. The second-order valence-corrected chi connectivity index (χ2v) is 10.0. The number of aromatic nitrogens is 1. The summed E-state index contributed by atoms with van der Waals surface area (Å²) in [6, 6.07) is 12.8. The van der Waals surface area contributed by atoms with Crippen molar-refractivity contribution in [3.63, 3.8) is 0 Å². The third-order valence-corrected chi connectivity index (χ3v) is 7.71. The second kappa shape index (κ2) is 9.38. The topological polar surface area (TPSA) is 92.5 Å². The molecular weight excluding hydrogens is 422 g/mol. The zero-order chi connectivity index (χ0) is 21.7. The van der Waals surface area contributed by atoms with Gasteiger partial charge in [0.2, 0.25) is 5.91 Å². The maximum absolute atomic E-state index is 12.9. The van der Waals surface area contributed by atoms with Crippen LogP contribution in [-0.2, 0) is 21.4 Å². The molecule has 2 heterocycles. The van der Waals surface area contributed by atoms with Gasteiger partial charge < -0.3 is 9.84 Å². The number of carbonyl (C=O) groups excluding carboxylic acids is 1. The number of rotatable bonds is 8. The number of nitrogens with one attached hydrogen (secondary N) is 1. The molecule has 7 nitrogen and oxygen atoms in total. The van der Waals surface area contributed by atoms with Crippen LogP contribution in [0, 0.1) is 6.92 Å². The molecule has 3 aromatic rings. The van der Waals surface area contributed by atoms with Crippen LogP contribution in [0.2, 0.25) is 0 Å². The number of carbonyl (C=O) groups is 1. The summed E-state index contributed by atoms with van der Waals surface area (Å²) in [7, 11) is -2.03. The smallest absolute Gasteiger partial charge is 0.252 e. The Morgan fingerprint density at radius 2 is 1.93 bits per heavy atom. The van der Waals surface area contributed by atoms with Crippen molar-refractivity contribution >= 4 is 45.1 Å². The van der Waals surface area contributed by atoms with Crippen LogP contribution in [0.15, 0.2) is 51.2 Å². The fourth-order valence-electron chi connectivity index (χ4n) is 2.68. The highest BCUT2D eigenvalue weighted by Crippen LogP contribution is 2.28. The first kappa shape index (κ1) is 21.9. The van der Waals surface area contributed by atoms with Crippen LogP contribution in [0.5, 0.6) is 0 Å². The van der Waals surface area contributed by atoms with E-state index in [0.29, 0.717) is 30.1 Å². The van der Waals surface area contributed by atoms with Gasteiger partial charge in [0, 0.05) is 24.9 Å². The number of hydrogen-bond acceptors (Lipinski definition) is 6. The lowest BCUT2D eigenvalue weighted by Gasteiger charge is -2.15. The largest absolute Gasteiger partial charge is 0.354 e. The van der Waals surface area contributed by atoms with E-state index >= 15 is 0 Å². The van der Waals surface area contributed by atoms with Crippen LogP contribution < -0.4 is 5.32 Å². The minimum atomic E-state index is -3.60. The van der Waals surface area contributed by atoms with Crippen LogP contribution >= 0.6 is 11.3 Å². The summed E-state index contributed by atoms with van der Waals surface area (Å²) in [6.07, 6.45) is 3.75. The van der Waals surface area contributed by atoms with Crippen molar-refractivity contribution in [3.05, 3.63) is 64.4 Å². The van der Waals surface area contributed by atoms with Crippen molar-refractivity contribution in [2.45, 2.75) is 31.0 Å². The van der Waals surface area contributed by atoms with Crippen molar-refractivity contribution in [1.82, 2.24) is 9.46 Å². The number of hydrogen-bond donors (Lipinski definition) is 1. The standard InChI is InChI=1S/C21H23N3O4S2/c1-4-19(25)22-21-15(2)23-28-18(21)12-10-17-11-13-20(29-17)30(26,27)24(3)14-16-8-6-5-7-9-16/h5-13H,4,14H2,1-3H3,(H,22,25)/b12-10+. The van der Waals surface area contributed by atoms with Crippen LogP contribution in [0.3, 0.4) is 0 Å². The molecule has 0 spiro atoms. The number of anilines is 1. The first-order chi connectivity index (χ1) is 14.3. The molecule has 0 fully saturated rings. The van der Waals surface area contributed by atoms with Gasteiger partial charge in [0.05, 0.1) is 0 Å². The molecule has 158 valence electrons. The van der Waals surface area contributed by atoms with Crippen LogP contribution in [0.1, 0.15) is 35.2 Å². The van der Waals surface area contributed by atoms with Gasteiger partial charge in [-0.1, -0.05) is 42.4 Å². The van der Waals surface area contributed by atoms with Crippen LogP contribution in [0.25, 0.3) is 12.2 Å². The van der Waals surface area contributed by atoms with Crippen LogP contribution in [-0.4, -0.2) is 30.8 Å². The number of nitrogens with zero attached hydrogens (tertiary/aromatic N) is 2. The molecule has 0 saturated heterocycles. The quantitative estimate of drug-likeness (QED) is 0.555. The van der Waals surface area contributed by atoms with E-state index in [-0.39, 0.29) is 10.1 Å². The molecule has 1 amide bonds. The SMILES string of the molecule is CCC(=O)Nc1c(C)noc1/C=C/c1ccc(S(=O)(=O)N(C)Cc2ccccc2)s1. The maximum Gasteiger partial charge on any atom is 0.252 e. The molecule has 30 heavy (non-hydrogen) atoms. The number of aryl methyl sites for hydroxylation is 1. The number of amides is 1.